The maximum Gasteiger partial charge on any atom is 0.272 e. The van der Waals surface area contributed by atoms with Crippen molar-refractivity contribution >= 4 is 16.7 Å². The second kappa shape index (κ2) is 6.10. The van der Waals surface area contributed by atoms with Crippen LogP contribution < -0.4 is 5.56 Å². The number of para-hydroxylation sites is 2. The smallest absolute Gasteiger partial charge is 0.272 e. The van der Waals surface area contributed by atoms with Gasteiger partial charge in [-0.3, -0.25) is 19.8 Å². The maximum absolute atomic E-state index is 12.1. The number of hydrogen-bond acceptors (Lipinski definition) is 5. The fourth-order valence-electron chi connectivity index (χ4n) is 2.92. The Morgan fingerprint density at radius 1 is 1.08 bits per heavy atom. The van der Waals surface area contributed by atoms with E-state index < -0.39 is 0 Å². The van der Waals surface area contributed by atoms with Crippen LogP contribution >= 0.6 is 0 Å². The summed E-state index contributed by atoms with van der Waals surface area (Å²) < 4.78 is 1.45. The van der Waals surface area contributed by atoms with Crippen molar-refractivity contribution in [2.24, 2.45) is 0 Å². The van der Waals surface area contributed by atoms with Gasteiger partial charge < -0.3 is 0 Å². The van der Waals surface area contributed by atoms with Crippen LogP contribution in [0.4, 0.5) is 0 Å². The van der Waals surface area contributed by atoms with Gasteiger partial charge >= 0.3 is 0 Å². The Labute approximate surface area is 144 Å². The van der Waals surface area contributed by atoms with E-state index in [2.05, 4.69) is 25.0 Å². The summed E-state index contributed by atoms with van der Waals surface area (Å²) in [6.07, 6.45) is 1.79. The second-order valence-electron chi connectivity index (χ2n) is 6.24. The molecule has 0 aliphatic carbocycles. The van der Waals surface area contributed by atoms with Gasteiger partial charge in [0.25, 0.3) is 5.56 Å². The number of benzene rings is 1. The molecule has 0 bridgehead atoms. The van der Waals surface area contributed by atoms with Crippen molar-refractivity contribution in [3.63, 3.8) is 0 Å². The Morgan fingerprint density at radius 2 is 1.84 bits per heavy atom. The molecule has 0 saturated heterocycles. The van der Waals surface area contributed by atoms with E-state index in [0.717, 1.165) is 28.1 Å². The van der Waals surface area contributed by atoms with E-state index >= 15 is 0 Å². The first-order valence-electron chi connectivity index (χ1n) is 8.06. The van der Waals surface area contributed by atoms with Gasteiger partial charge in [0.05, 0.1) is 28.6 Å². The quantitative estimate of drug-likeness (QED) is 0.617. The van der Waals surface area contributed by atoms with Crippen LogP contribution in [0.5, 0.6) is 0 Å². The van der Waals surface area contributed by atoms with Crippen LogP contribution in [0.1, 0.15) is 17.1 Å². The van der Waals surface area contributed by atoms with Gasteiger partial charge in [0.2, 0.25) is 0 Å². The zero-order chi connectivity index (χ0) is 17.4. The molecule has 3 heterocycles. The zero-order valence-corrected chi connectivity index (χ0v) is 14.1. The first kappa shape index (κ1) is 15.5. The molecule has 7 heteroatoms. The highest BCUT2D eigenvalue weighted by atomic mass is 16.1. The normalized spacial score (nSPS) is 11.6. The fourth-order valence-corrected chi connectivity index (χ4v) is 2.92. The molecule has 1 N–H and O–H groups in total. The molecular formula is C18H18N6O. The van der Waals surface area contributed by atoms with E-state index in [9.17, 15) is 4.79 Å². The molecule has 0 radical (unpaired) electrons. The summed E-state index contributed by atoms with van der Waals surface area (Å²) in [4.78, 5) is 27.8. The van der Waals surface area contributed by atoms with E-state index in [0.29, 0.717) is 18.7 Å². The van der Waals surface area contributed by atoms with Gasteiger partial charge in [-0.15, -0.1) is 0 Å². The fraction of sp³-hybridized carbons (Fsp3) is 0.222. The molecule has 0 spiro atoms. The molecular weight excluding hydrogens is 316 g/mol. The van der Waals surface area contributed by atoms with Crippen molar-refractivity contribution in [1.82, 2.24) is 29.5 Å². The van der Waals surface area contributed by atoms with E-state index in [-0.39, 0.29) is 5.56 Å². The number of nitrogens with zero attached hydrogens (tertiary/aromatic N) is 5. The summed E-state index contributed by atoms with van der Waals surface area (Å²) in [5, 5.41) is 2.97. The summed E-state index contributed by atoms with van der Waals surface area (Å²) >= 11 is 0. The predicted molar refractivity (Wildman–Crippen MR) is 95.3 cm³/mol. The standard InChI is InChI=1S/C18H18N6O/c1-12-7-17-21-13(8-18(25)24(17)22-12)10-23(2)11-14-9-19-15-5-3-4-6-16(15)20-14/h3-9,22H,10-11H2,1-2H3. The summed E-state index contributed by atoms with van der Waals surface area (Å²) in [5.41, 5.74) is 4.83. The minimum atomic E-state index is -0.105. The number of nitrogens with one attached hydrogen (secondary N) is 1. The van der Waals surface area contributed by atoms with Crippen LogP contribution in [-0.4, -0.2) is 36.5 Å². The number of aryl methyl sites for hydroxylation is 1. The Bertz CT molecular complexity index is 1110. The number of rotatable bonds is 4. The highest BCUT2D eigenvalue weighted by Gasteiger charge is 2.09. The van der Waals surface area contributed by atoms with Crippen LogP contribution in [0.2, 0.25) is 0 Å². The Kier molecular flexibility index (Phi) is 3.77. The lowest BCUT2D eigenvalue weighted by atomic mass is 10.3. The van der Waals surface area contributed by atoms with Gasteiger partial charge in [-0.25, -0.2) is 14.5 Å². The van der Waals surface area contributed by atoms with E-state index in [4.69, 9.17) is 0 Å². The Morgan fingerprint density at radius 3 is 2.68 bits per heavy atom. The number of hydrogen-bond donors (Lipinski definition) is 1. The number of fused-ring (bicyclic) bond motifs is 2. The number of aromatic nitrogens is 5. The molecule has 0 unspecified atom stereocenters. The molecule has 0 fully saturated rings. The van der Waals surface area contributed by atoms with Gasteiger partial charge in [0.15, 0.2) is 5.65 Å². The van der Waals surface area contributed by atoms with Crippen LogP contribution in [0, 0.1) is 6.92 Å². The van der Waals surface area contributed by atoms with Crippen LogP contribution in [0.15, 0.2) is 47.4 Å². The molecule has 3 aromatic heterocycles. The summed E-state index contributed by atoms with van der Waals surface area (Å²) in [6, 6.07) is 11.2. The van der Waals surface area contributed by atoms with Gasteiger partial charge in [-0.2, -0.15) is 0 Å². The molecule has 0 saturated carbocycles. The van der Waals surface area contributed by atoms with Crippen LogP contribution in [0.3, 0.4) is 0 Å². The lowest BCUT2D eigenvalue weighted by molar-refractivity contribution is 0.311. The number of H-pyrrole nitrogens is 1. The minimum Gasteiger partial charge on any atom is -0.295 e. The van der Waals surface area contributed by atoms with Gasteiger partial charge in [-0.1, -0.05) is 12.1 Å². The predicted octanol–water partition coefficient (Wildman–Crippen LogP) is 1.91. The summed E-state index contributed by atoms with van der Waals surface area (Å²) in [6.45, 7) is 3.09. The summed E-state index contributed by atoms with van der Waals surface area (Å²) in [7, 11) is 1.97. The van der Waals surface area contributed by atoms with E-state index in [1.807, 2.05) is 44.3 Å². The third-order valence-electron chi connectivity index (χ3n) is 3.99. The second-order valence-corrected chi connectivity index (χ2v) is 6.24. The van der Waals surface area contributed by atoms with Gasteiger partial charge in [0.1, 0.15) is 0 Å². The largest absolute Gasteiger partial charge is 0.295 e. The first-order valence-corrected chi connectivity index (χ1v) is 8.06. The number of aromatic amines is 1. The lowest BCUT2D eigenvalue weighted by Gasteiger charge is -2.15. The monoisotopic (exact) mass is 334 g/mol. The average molecular weight is 334 g/mol. The first-order chi connectivity index (χ1) is 12.1. The molecule has 4 aromatic rings. The Balaban J connectivity index is 1.54. The summed E-state index contributed by atoms with van der Waals surface area (Å²) in [5.74, 6) is 0. The topological polar surface area (TPSA) is 79.2 Å². The van der Waals surface area contributed by atoms with Gasteiger partial charge in [0, 0.05) is 30.9 Å². The molecule has 126 valence electrons. The zero-order valence-electron chi connectivity index (χ0n) is 14.1. The van der Waals surface area contributed by atoms with Crippen molar-refractivity contribution < 1.29 is 0 Å². The molecule has 7 nitrogen and oxygen atoms in total. The van der Waals surface area contributed by atoms with Crippen molar-refractivity contribution in [1.29, 1.82) is 0 Å². The maximum atomic E-state index is 12.1. The Hall–Kier alpha value is -3.06. The molecule has 0 aliphatic rings. The molecule has 0 amide bonds. The highest BCUT2D eigenvalue weighted by Crippen LogP contribution is 2.11. The van der Waals surface area contributed by atoms with Crippen LogP contribution in [0.25, 0.3) is 16.7 Å². The van der Waals surface area contributed by atoms with E-state index in [1.54, 1.807) is 12.3 Å². The van der Waals surface area contributed by atoms with Crippen molar-refractivity contribution in [2.75, 3.05) is 7.05 Å². The molecule has 0 aliphatic heterocycles. The van der Waals surface area contributed by atoms with E-state index in [1.165, 1.54) is 4.52 Å². The average Bonchev–Trinajstić information content (AvgIpc) is 2.95. The van der Waals surface area contributed by atoms with Gasteiger partial charge in [-0.05, 0) is 26.1 Å². The molecule has 1 aromatic carbocycles. The third-order valence-corrected chi connectivity index (χ3v) is 3.99. The van der Waals surface area contributed by atoms with Crippen molar-refractivity contribution in [2.45, 2.75) is 20.0 Å². The molecule has 0 atom stereocenters. The van der Waals surface area contributed by atoms with Crippen molar-refractivity contribution in [3.8, 4) is 0 Å². The molecule has 25 heavy (non-hydrogen) atoms. The minimum absolute atomic E-state index is 0.105. The molecule has 4 rings (SSSR count). The van der Waals surface area contributed by atoms with Crippen LogP contribution in [-0.2, 0) is 13.1 Å². The van der Waals surface area contributed by atoms with Crippen molar-refractivity contribution in [3.05, 3.63) is 70.0 Å². The SMILES string of the molecule is Cc1cc2nc(CN(C)Cc3cnc4ccccc4n3)cc(=O)n2[nH]1. The highest BCUT2D eigenvalue weighted by molar-refractivity contribution is 5.73. The lowest BCUT2D eigenvalue weighted by Crippen LogP contribution is -2.22. The third kappa shape index (κ3) is 3.14.